The first-order valence-electron chi connectivity index (χ1n) is 4.22. The Hall–Kier alpha value is -2.71. The van der Waals surface area contributed by atoms with Crippen LogP contribution in [0.4, 0.5) is 17.1 Å². The zero-order chi connectivity index (χ0) is 13.0. The number of nitrogens with one attached hydrogen (secondary N) is 1. The van der Waals surface area contributed by atoms with Crippen molar-refractivity contribution in [2.45, 2.75) is 0 Å². The van der Waals surface area contributed by atoms with Gasteiger partial charge in [0.25, 0.3) is 0 Å². The largest absolute Gasteiger partial charge is 0.490 e. The minimum absolute atomic E-state index is 0.193. The van der Waals surface area contributed by atoms with E-state index in [9.17, 15) is 25.0 Å². The van der Waals surface area contributed by atoms with Crippen molar-refractivity contribution >= 4 is 23.5 Å². The Morgan fingerprint density at radius 2 is 1.82 bits per heavy atom. The molecule has 0 spiro atoms. The van der Waals surface area contributed by atoms with E-state index in [1.165, 1.54) is 0 Å². The molecule has 9 nitrogen and oxygen atoms in total. The van der Waals surface area contributed by atoms with Crippen molar-refractivity contribution in [3.63, 3.8) is 0 Å². The minimum atomic E-state index is -0.952. The molecule has 0 saturated heterocycles. The minimum Gasteiger partial charge on any atom is -0.490 e. The van der Waals surface area contributed by atoms with Gasteiger partial charge in [-0.05, 0) is 12.1 Å². The highest BCUT2D eigenvalue weighted by Crippen LogP contribution is 2.41. The average Bonchev–Trinajstić information content (AvgIpc) is 2.28. The fourth-order valence-corrected chi connectivity index (χ4v) is 1.27. The number of benzene rings is 1. The number of nitro groups is 2. The highest BCUT2D eigenvalue weighted by molar-refractivity contribution is 5.84. The summed E-state index contributed by atoms with van der Waals surface area (Å²) in [5.41, 5.74) is -1.89. The number of amides is 1. The van der Waals surface area contributed by atoms with Crippen LogP contribution in [0.3, 0.4) is 0 Å². The summed E-state index contributed by atoms with van der Waals surface area (Å²) >= 11 is 0. The number of anilines is 1. The topological polar surface area (TPSA) is 125 Å². The number of ether oxygens (including phenoxy) is 1. The first kappa shape index (κ1) is 12.4. The summed E-state index contributed by atoms with van der Waals surface area (Å²) < 4.78 is 4.67. The molecule has 0 atom stereocenters. The highest BCUT2D eigenvalue weighted by Gasteiger charge is 2.33. The van der Waals surface area contributed by atoms with E-state index in [0.717, 1.165) is 19.2 Å². The number of rotatable bonds is 5. The van der Waals surface area contributed by atoms with Crippen LogP contribution in [0, 0.1) is 20.2 Å². The second-order valence-electron chi connectivity index (χ2n) is 2.79. The monoisotopic (exact) mass is 241 g/mol. The third-order valence-electron chi connectivity index (χ3n) is 1.91. The smallest absolute Gasteiger partial charge is 0.389 e. The van der Waals surface area contributed by atoms with Gasteiger partial charge in [0, 0.05) is 0 Å². The van der Waals surface area contributed by atoms with Crippen LogP contribution < -0.4 is 10.1 Å². The predicted molar refractivity (Wildman–Crippen MR) is 56.0 cm³/mol. The zero-order valence-corrected chi connectivity index (χ0v) is 8.58. The molecule has 0 unspecified atom stereocenters. The lowest BCUT2D eigenvalue weighted by atomic mass is 10.2. The summed E-state index contributed by atoms with van der Waals surface area (Å²) in [5.74, 6) is -0.252. The molecule has 1 rings (SSSR count). The number of nitrogens with zero attached hydrogens (tertiary/aromatic N) is 2. The Labute approximate surface area is 94.3 Å². The van der Waals surface area contributed by atoms with E-state index in [0.29, 0.717) is 0 Å². The number of hydrogen-bond donors (Lipinski definition) is 1. The van der Waals surface area contributed by atoms with Crippen LogP contribution in [-0.4, -0.2) is 23.4 Å². The molecular formula is C8H7N3O6. The van der Waals surface area contributed by atoms with Crippen molar-refractivity contribution in [3.8, 4) is 5.75 Å². The Balaban J connectivity index is 3.58. The Kier molecular flexibility index (Phi) is 3.55. The third-order valence-corrected chi connectivity index (χ3v) is 1.91. The van der Waals surface area contributed by atoms with Crippen molar-refractivity contribution in [1.29, 1.82) is 0 Å². The molecule has 0 aliphatic carbocycles. The third kappa shape index (κ3) is 2.27. The van der Waals surface area contributed by atoms with Crippen LogP contribution in [0.1, 0.15) is 0 Å². The molecule has 0 bridgehead atoms. The summed E-state index contributed by atoms with van der Waals surface area (Å²) in [7, 11) is 1.15. The lowest BCUT2D eigenvalue weighted by Gasteiger charge is -2.05. The van der Waals surface area contributed by atoms with E-state index in [1.54, 1.807) is 0 Å². The molecule has 0 saturated carbocycles. The molecule has 0 aliphatic heterocycles. The second-order valence-corrected chi connectivity index (χ2v) is 2.79. The van der Waals surface area contributed by atoms with E-state index < -0.39 is 21.2 Å². The zero-order valence-electron chi connectivity index (χ0n) is 8.58. The molecule has 0 heterocycles. The molecule has 0 fully saturated rings. The predicted octanol–water partition coefficient (Wildman–Crippen LogP) is 1.08. The van der Waals surface area contributed by atoms with Gasteiger partial charge in [0.1, 0.15) is 5.69 Å². The molecular weight excluding hydrogens is 234 g/mol. The van der Waals surface area contributed by atoms with Gasteiger partial charge in [0.2, 0.25) is 12.2 Å². The van der Waals surface area contributed by atoms with Crippen LogP contribution in [-0.2, 0) is 4.79 Å². The van der Waals surface area contributed by atoms with Crippen molar-refractivity contribution in [1.82, 2.24) is 0 Å². The second kappa shape index (κ2) is 4.88. The molecule has 1 amide bonds. The SMILES string of the molecule is COc1ccc(NC=O)c([N+](=O)[O-])c1[N+](=O)[O-]. The van der Waals surface area contributed by atoms with E-state index in [1.807, 2.05) is 5.32 Å². The summed E-state index contributed by atoms with van der Waals surface area (Å²) in [6.45, 7) is 0. The first-order valence-corrected chi connectivity index (χ1v) is 4.22. The van der Waals surface area contributed by atoms with Crippen molar-refractivity contribution < 1.29 is 19.4 Å². The van der Waals surface area contributed by atoms with Crippen LogP contribution in [0.25, 0.3) is 0 Å². The molecule has 0 aliphatic rings. The van der Waals surface area contributed by atoms with Gasteiger partial charge in [0.15, 0.2) is 0 Å². The summed E-state index contributed by atoms with van der Waals surface area (Å²) in [6, 6.07) is 2.31. The van der Waals surface area contributed by atoms with Gasteiger partial charge in [-0.3, -0.25) is 25.0 Å². The molecule has 17 heavy (non-hydrogen) atoms. The van der Waals surface area contributed by atoms with Crippen molar-refractivity contribution in [2.75, 3.05) is 12.4 Å². The normalized spacial score (nSPS) is 9.47. The number of carbonyl (C=O) groups excluding carboxylic acids is 1. The van der Waals surface area contributed by atoms with Gasteiger partial charge in [-0.2, -0.15) is 0 Å². The Bertz CT molecular complexity index is 486. The molecule has 1 aromatic carbocycles. The number of methoxy groups -OCH3 is 1. The van der Waals surface area contributed by atoms with Gasteiger partial charge in [-0.1, -0.05) is 0 Å². The maximum atomic E-state index is 10.8. The maximum absolute atomic E-state index is 10.8. The van der Waals surface area contributed by atoms with Gasteiger partial charge in [-0.15, -0.1) is 0 Å². The molecule has 90 valence electrons. The van der Waals surface area contributed by atoms with E-state index in [-0.39, 0.29) is 17.8 Å². The first-order chi connectivity index (χ1) is 8.02. The highest BCUT2D eigenvalue weighted by atomic mass is 16.6. The molecule has 1 N–H and O–H groups in total. The number of nitro benzene ring substituents is 2. The fraction of sp³-hybridized carbons (Fsp3) is 0.125. The van der Waals surface area contributed by atoms with E-state index >= 15 is 0 Å². The maximum Gasteiger partial charge on any atom is 0.389 e. The van der Waals surface area contributed by atoms with Gasteiger partial charge >= 0.3 is 11.4 Å². The lowest BCUT2D eigenvalue weighted by Crippen LogP contribution is -2.04. The Morgan fingerprint density at radius 3 is 2.24 bits per heavy atom. The van der Waals surface area contributed by atoms with Gasteiger partial charge in [-0.25, -0.2) is 0 Å². The van der Waals surface area contributed by atoms with Gasteiger partial charge in [0.05, 0.1) is 17.0 Å². The Morgan fingerprint density at radius 1 is 1.24 bits per heavy atom. The number of carbonyl (C=O) groups is 1. The van der Waals surface area contributed by atoms with Crippen LogP contribution >= 0.6 is 0 Å². The fourth-order valence-electron chi connectivity index (χ4n) is 1.27. The summed E-state index contributed by atoms with van der Waals surface area (Å²) in [4.78, 5) is 29.9. The van der Waals surface area contributed by atoms with Crippen LogP contribution in [0.2, 0.25) is 0 Å². The van der Waals surface area contributed by atoms with Crippen molar-refractivity contribution in [3.05, 3.63) is 32.4 Å². The molecule has 1 aromatic rings. The van der Waals surface area contributed by atoms with Gasteiger partial charge < -0.3 is 10.1 Å². The van der Waals surface area contributed by atoms with E-state index in [2.05, 4.69) is 4.74 Å². The van der Waals surface area contributed by atoms with Crippen LogP contribution in [0.15, 0.2) is 12.1 Å². The lowest BCUT2D eigenvalue weighted by molar-refractivity contribution is -0.422. The quantitative estimate of drug-likeness (QED) is 0.467. The molecule has 0 radical (unpaired) electrons. The standard InChI is InChI=1S/C8H7N3O6/c1-17-6-3-2-5(9-4-12)7(10(13)14)8(6)11(15)16/h2-4H,1H3,(H,9,12). The van der Waals surface area contributed by atoms with Crippen molar-refractivity contribution in [2.24, 2.45) is 0 Å². The summed E-state index contributed by atoms with van der Waals surface area (Å²) in [6.07, 6.45) is 0.193. The van der Waals surface area contributed by atoms with E-state index in [4.69, 9.17) is 0 Å². The average molecular weight is 241 g/mol. The number of hydrogen-bond acceptors (Lipinski definition) is 6. The molecule has 9 heteroatoms. The summed E-state index contributed by atoms with van der Waals surface area (Å²) in [5, 5.41) is 23.6. The van der Waals surface area contributed by atoms with Crippen LogP contribution in [0.5, 0.6) is 5.75 Å². The molecule has 0 aromatic heterocycles.